The van der Waals surface area contributed by atoms with Gasteiger partial charge in [-0.1, -0.05) is 12.1 Å². The zero-order valence-corrected chi connectivity index (χ0v) is 16.2. The fourth-order valence-electron chi connectivity index (χ4n) is 3.36. The molecule has 12 heteroatoms. The van der Waals surface area contributed by atoms with Crippen LogP contribution in [0.25, 0.3) is 0 Å². The summed E-state index contributed by atoms with van der Waals surface area (Å²) in [4.78, 5) is 51.0. The molecule has 2 aromatic rings. The molecule has 0 aliphatic carbocycles. The Bertz CT molecular complexity index is 1080. The number of nitrogens with two attached hydrogens (primary N) is 1. The number of aromatic nitrogens is 2. The fourth-order valence-corrected chi connectivity index (χ4v) is 3.36. The van der Waals surface area contributed by atoms with E-state index in [4.69, 9.17) is 10.5 Å². The lowest BCUT2D eigenvalue weighted by Gasteiger charge is -2.18. The number of hydrogen-bond donors (Lipinski definition) is 6. The Morgan fingerprint density at radius 3 is 2.55 bits per heavy atom. The van der Waals surface area contributed by atoms with Crippen molar-refractivity contribution in [3.8, 4) is 5.75 Å². The summed E-state index contributed by atoms with van der Waals surface area (Å²) < 4.78 is 6.35. The van der Waals surface area contributed by atoms with Crippen LogP contribution in [0.15, 0.2) is 40.1 Å². The van der Waals surface area contributed by atoms with Crippen molar-refractivity contribution in [2.75, 3.05) is 6.61 Å². The highest BCUT2D eigenvalue weighted by molar-refractivity contribution is 6.01. The van der Waals surface area contributed by atoms with Crippen LogP contribution in [0.1, 0.15) is 28.6 Å². The number of amides is 2. The lowest BCUT2D eigenvalue weighted by molar-refractivity contribution is -0.0459. The van der Waals surface area contributed by atoms with Gasteiger partial charge in [-0.2, -0.15) is 0 Å². The topological polar surface area (TPSA) is 197 Å². The SMILES string of the molecule is NC(=O)N[C@@H](Cc1ccc(O)cc1)C(=O)c1cn([C@H]2C[C@H](O)[C@@H](CO)O2)c(=O)[nH]c1=O. The van der Waals surface area contributed by atoms with Gasteiger partial charge in [-0.05, 0) is 17.7 Å². The number of H-pyrrole nitrogens is 1. The quantitative estimate of drug-likeness (QED) is 0.278. The second-order valence-corrected chi connectivity index (χ2v) is 7.12. The highest BCUT2D eigenvalue weighted by Gasteiger charge is 2.35. The van der Waals surface area contributed by atoms with Crippen LogP contribution in [-0.2, 0) is 11.2 Å². The van der Waals surface area contributed by atoms with E-state index in [9.17, 15) is 34.5 Å². The number of primary amides is 1. The van der Waals surface area contributed by atoms with E-state index in [1.165, 1.54) is 24.3 Å². The molecule has 3 rings (SSSR count). The molecule has 12 nitrogen and oxygen atoms in total. The van der Waals surface area contributed by atoms with Crippen LogP contribution in [-0.4, -0.2) is 61.5 Å². The minimum atomic E-state index is -1.23. The molecule has 2 amide bonds. The number of aliphatic hydroxyl groups excluding tert-OH is 2. The van der Waals surface area contributed by atoms with E-state index in [1.54, 1.807) is 0 Å². The van der Waals surface area contributed by atoms with E-state index in [2.05, 4.69) is 5.32 Å². The number of carbonyl (C=O) groups excluding carboxylic acids is 2. The smallest absolute Gasteiger partial charge is 0.330 e. The van der Waals surface area contributed by atoms with Crippen molar-refractivity contribution in [2.45, 2.75) is 37.3 Å². The largest absolute Gasteiger partial charge is 0.508 e. The number of Topliss-reactive ketones (excluding diaryl/α,β-unsaturated/α-hetero) is 1. The monoisotopic (exact) mass is 434 g/mol. The molecule has 0 spiro atoms. The Kier molecular flexibility index (Phi) is 6.53. The first kappa shape index (κ1) is 22.2. The summed E-state index contributed by atoms with van der Waals surface area (Å²) in [6.45, 7) is -0.473. The summed E-state index contributed by atoms with van der Waals surface area (Å²) in [6.07, 6.45) is -2.04. The molecule has 1 aliphatic heterocycles. The average Bonchev–Trinajstić information content (AvgIpc) is 3.09. The average molecular weight is 434 g/mol. The van der Waals surface area contributed by atoms with Gasteiger partial charge in [0.05, 0.1) is 18.8 Å². The number of nitrogens with one attached hydrogen (secondary N) is 2. The number of aromatic hydroxyl groups is 1. The summed E-state index contributed by atoms with van der Waals surface area (Å²) in [6, 6.07) is 3.64. The van der Waals surface area contributed by atoms with E-state index < -0.39 is 59.7 Å². The minimum absolute atomic E-state index is 0.0120. The molecule has 1 aromatic heterocycles. The second kappa shape index (κ2) is 9.12. The van der Waals surface area contributed by atoms with E-state index in [1.807, 2.05) is 4.98 Å². The number of aromatic amines is 1. The van der Waals surface area contributed by atoms with Gasteiger partial charge < -0.3 is 31.1 Å². The minimum Gasteiger partial charge on any atom is -0.508 e. The van der Waals surface area contributed by atoms with Crippen LogP contribution in [0.5, 0.6) is 5.75 Å². The molecule has 1 fully saturated rings. The number of ether oxygens (including phenoxy) is 1. The number of rotatable bonds is 7. The van der Waals surface area contributed by atoms with Crippen molar-refractivity contribution < 1.29 is 29.6 Å². The van der Waals surface area contributed by atoms with Gasteiger partial charge in [-0.3, -0.25) is 19.1 Å². The van der Waals surface area contributed by atoms with E-state index in [0.29, 0.717) is 5.56 Å². The number of aliphatic hydroxyl groups is 2. The molecule has 0 saturated carbocycles. The first-order valence-corrected chi connectivity index (χ1v) is 9.37. The van der Waals surface area contributed by atoms with Crippen molar-refractivity contribution in [1.29, 1.82) is 0 Å². The summed E-state index contributed by atoms with van der Waals surface area (Å²) in [5.74, 6) is -0.794. The molecule has 0 unspecified atom stereocenters. The Balaban J connectivity index is 1.93. The third-order valence-electron chi connectivity index (χ3n) is 4.94. The molecule has 0 radical (unpaired) electrons. The molecule has 4 atom stereocenters. The number of urea groups is 1. The van der Waals surface area contributed by atoms with Crippen molar-refractivity contribution in [1.82, 2.24) is 14.9 Å². The van der Waals surface area contributed by atoms with Gasteiger partial charge in [0, 0.05) is 19.0 Å². The number of carbonyl (C=O) groups is 2. The zero-order chi connectivity index (χ0) is 22.7. The Morgan fingerprint density at radius 1 is 1.29 bits per heavy atom. The number of phenolic OH excluding ortho intramolecular Hbond substituents is 1. The number of ketones is 1. The lowest BCUT2D eigenvalue weighted by Crippen LogP contribution is -2.47. The molecule has 1 aromatic carbocycles. The van der Waals surface area contributed by atoms with Crippen LogP contribution in [0.2, 0.25) is 0 Å². The van der Waals surface area contributed by atoms with Gasteiger partial charge >= 0.3 is 11.7 Å². The van der Waals surface area contributed by atoms with Crippen LogP contribution in [0.4, 0.5) is 4.79 Å². The van der Waals surface area contributed by atoms with Crippen LogP contribution in [0, 0.1) is 0 Å². The maximum atomic E-state index is 13.1. The molecule has 31 heavy (non-hydrogen) atoms. The predicted molar refractivity (Wildman–Crippen MR) is 106 cm³/mol. The normalized spacial score (nSPS) is 21.5. The highest BCUT2D eigenvalue weighted by atomic mass is 16.5. The van der Waals surface area contributed by atoms with Crippen molar-refractivity contribution in [2.24, 2.45) is 5.73 Å². The number of nitrogens with zero attached hydrogens (tertiary/aromatic N) is 1. The molecule has 7 N–H and O–H groups in total. The summed E-state index contributed by atoms with van der Waals surface area (Å²) in [5, 5.41) is 30.8. The molecule has 166 valence electrons. The van der Waals surface area contributed by atoms with Crippen molar-refractivity contribution in [3.63, 3.8) is 0 Å². The van der Waals surface area contributed by atoms with Crippen LogP contribution >= 0.6 is 0 Å². The lowest BCUT2D eigenvalue weighted by atomic mass is 9.99. The Hall–Kier alpha value is -3.48. The van der Waals surface area contributed by atoms with Gasteiger partial charge in [-0.15, -0.1) is 0 Å². The Labute approximate surface area is 174 Å². The van der Waals surface area contributed by atoms with Gasteiger partial charge in [0.15, 0.2) is 5.78 Å². The van der Waals surface area contributed by atoms with Gasteiger partial charge in [0.1, 0.15) is 23.6 Å². The number of hydrogen-bond acceptors (Lipinski definition) is 8. The molecule has 1 aliphatic rings. The maximum Gasteiger partial charge on any atom is 0.330 e. The van der Waals surface area contributed by atoms with E-state index in [0.717, 1.165) is 10.8 Å². The molecule has 1 saturated heterocycles. The highest BCUT2D eigenvalue weighted by Crippen LogP contribution is 2.27. The second-order valence-electron chi connectivity index (χ2n) is 7.12. The molecular formula is C19H22N4O8. The zero-order valence-electron chi connectivity index (χ0n) is 16.2. The van der Waals surface area contributed by atoms with E-state index in [-0.39, 0.29) is 18.6 Å². The number of phenols is 1. The summed E-state index contributed by atoms with van der Waals surface area (Å²) in [5.41, 5.74) is 3.48. The molecule has 0 bridgehead atoms. The maximum absolute atomic E-state index is 13.1. The fraction of sp³-hybridized carbons (Fsp3) is 0.368. The Morgan fingerprint density at radius 2 is 1.97 bits per heavy atom. The van der Waals surface area contributed by atoms with Crippen molar-refractivity contribution >= 4 is 11.8 Å². The molecular weight excluding hydrogens is 412 g/mol. The predicted octanol–water partition coefficient (Wildman–Crippen LogP) is -1.65. The van der Waals surface area contributed by atoms with Gasteiger partial charge in [0.25, 0.3) is 5.56 Å². The first-order valence-electron chi connectivity index (χ1n) is 9.37. The van der Waals surface area contributed by atoms with E-state index >= 15 is 0 Å². The first-order chi connectivity index (χ1) is 14.7. The standard InChI is InChI=1S/C19H22N4O8/c20-18(29)21-12(5-9-1-3-10(25)4-2-9)16(27)11-7-23(19(30)22-17(11)28)15-6-13(26)14(8-24)31-15/h1-4,7,12-15,24-26H,5-6,8H2,(H3,20,21,29)(H,22,28,30)/t12-,13-,14+,15+/m0/s1. The van der Waals surface area contributed by atoms with Gasteiger partial charge in [0.2, 0.25) is 0 Å². The van der Waals surface area contributed by atoms with Gasteiger partial charge in [-0.25, -0.2) is 9.59 Å². The third kappa shape index (κ3) is 4.99. The molecule has 2 heterocycles. The van der Waals surface area contributed by atoms with Crippen molar-refractivity contribution in [3.05, 3.63) is 62.4 Å². The number of benzene rings is 1. The third-order valence-corrected chi connectivity index (χ3v) is 4.94. The summed E-state index contributed by atoms with van der Waals surface area (Å²) in [7, 11) is 0. The van der Waals surface area contributed by atoms with Crippen LogP contribution < -0.4 is 22.3 Å². The summed E-state index contributed by atoms with van der Waals surface area (Å²) >= 11 is 0. The van der Waals surface area contributed by atoms with Crippen LogP contribution in [0.3, 0.4) is 0 Å².